The molecule has 1 unspecified atom stereocenters. The third kappa shape index (κ3) is 4.76. The maximum Gasteiger partial charge on any atom is 0.118 e. The highest BCUT2D eigenvalue weighted by Crippen LogP contribution is 2.30. The Balaban J connectivity index is 1.47. The molecule has 1 aliphatic carbocycles. The Kier molecular flexibility index (Phi) is 6.66. The summed E-state index contributed by atoms with van der Waals surface area (Å²) in [6, 6.07) is 20.9. The summed E-state index contributed by atoms with van der Waals surface area (Å²) in [7, 11) is 1.74. The Hall–Kier alpha value is -1.84. The summed E-state index contributed by atoms with van der Waals surface area (Å²) in [5, 5.41) is 0. The molecule has 0 amide bonds. The van der Waals surface area contributed by atoms with Crippen LogP contribution in [0.5, 0.6) is 5.75 Å². The quantitative estimate of drug-likeness (QED) is 0.709. The number of rotatable bonds is 6. The largest absolute Gasteiger partial charge is 0.497 e. The highest BCUT2D eigenvalue weighted by atomic mass is 16.5. The SMILES string of the molecule is COc1ccc(C(Cc2ccccc2)N2CCN(C3CCCCC3)CC2)cc1. The molecule has 1 saturated heterocycles. The summed E-state index contributed by atoms with van der Waals surface area (Å²) in [6.45, 7) is 4.76. The average Bonchev–Trinajstić information content (AvgIpc) is 2.79. The van der Waals surface area contributed by atoms with Gasteiger partial charge in [0, 0.05) is 38.3 Å². The van der Waals surface area contributed by atoms with E-state index in [-0.39, 0.29) is 0 Å². The first-order valence-corrected chi connectivity index (χ1v) is 11.0. The molecule has 2 aliphatic rings. The lowest BCUT2D eigenvalue weighted by Gasteiger charge is -2.43. The van der Waals surface area contributed by atoms with Crippen LogP contribution in [0, 0.1) is 0 Å². The fourth-order valence-electron chi connectivity index (χ4n) is 4.98. The third-order valence-corrected chi connectivity index (χ3v) is 6.65. The molecule has 0 N–H and O–H groups in total. The van der Waals surface area contributed by atoms with Crippen LogP contribution < -0.4 is 4.74 Å². The van der Waals surface area contributed by atoms with Crippen molar-refractivity contribution in [3.05, 3.63) is 65.7 Å². The highest BCUT2D eigenvalue weighted by Gasteiger charge is 2.29. The van der Waals surface area contributed by atoms with Gasteiger partial charge in [0.15, 0.2) is 0 Å². The Bertz CT molecular complexity index is 701. The molecule has 0 spiro atoms. The van der Waals surface area contributed by atoms with Gasteiger partial charge in [-0.25, -0.2) is 0 Å². The number of piperazine rings is 1. The zero-order valence-corrected chi connectivity index (χ0v) is 17.2. The number of methoxy groups -OCH3 is 1. The third-order valence-electron chi connectivity index (χ3n) is 6.65. The summed E-state index contributed by atoms with van der Waals surface area (Å²) in [4.78, 5) is 5.47. The molecule has 1 aliphatic heterocycles. The van der Waals surface area contributed by atoms with Crippen LogP contribution in [0.4, 0.5) is 0 Å². The molecule has 2 aromatic rings. The zero-order chi connectivity index (χ0) is 19.2. The number of ether oxygens (including phenoxy) is 1. The second-order valence-corrected chi connectivity index (χ2v) is 8.34. The first-order chi connectivity index (χ1) is 13.8. The lowest BCUT2D eigenvalue weighted by Crippen LogP contribution is -2.51. The molecule has 1 saturated carbocycles. The van der Waals surface area contributed by atoms with E-state index in [1.54, 1.807) is 7.11 Å². The summed E-state index contributed by atoms with van der Waals surface area (Å²) in [6.07, 6.45) is 8.17. The highest BCUT2D eigenvalue weighted by molar-refractivity contribution is 5.30. The van der Waals surface area contributed by atoms with Crippen LogP contribution in [-0.2, 0) is 6.42 Å². The molecule has 150 valence electrons. The Morgan fingerprint density at radius 3 is 2.18 bits per heavy atom. The predicted octanol–water partition coefficient (Wildman–Crippen LogP) is 4.93. The van der Waals surface area contributed by atoms with Gasteiger partial charge in [-0.15, -0.1) is 0 Å². The minimum atomic E-state index is 0.432. The normalized spacial score (nSPS) is 20.8. The number of benzene rings is 2. The first kappa shape index (κ1) is 19.5. The van der Waals surface area contributed by atoms with Gasteiger partial charge in [-0.1, -0.05) is 61.7 Å². The molecule has 1 atom stereocenters. The van der Waals surface area contributed by atoms with Crippen molar-refractivity contribution in [2.24, 2.45) is 0 Å². The summed E-state index contributed by atoms with van der Waals surface area (Å²) < 4.78 is 5.37. The molecule has 28 heavy (non-hydrogen) atoms. The predicted molar refractivity (Wildman–Crippen MR) is 116 cm³/mol. The van der Waals surface area contributed by atoms with Gasteiger partial charge < -0.3 is 4.74 Å². The summed E-state index contributed by atoms with van der Waals surface area (Å²) in [5.74, 6) is 0.935. The lowest BCUT2D eigenvalue weighted by molar-refractivity contribution is 0.0559. The van der Waals surface area contributed by atoms with Gasteiger partial charge in [-0.2, -0.15) is 0 Å². The van der Waals surface area contributed by atoms with Gasteiger partial charge >= 0.3 is 0 Å². The number of hydrogen-bond donors (Lipinski definition) is 0. The Morgan fingerprint density at radius 2 is 1.54 bits per heavy atom. The Morgan fingerprint density at radius 1 is 0.857 bits per heavy atom. The van der Waals surface area contributed by atoms with Crippen LogP contribution in [0.2, 0.25) is 0 Å². The fourth-order valence-corrected chi connectivity index (χ4v) is 4.98. The van der Waals surface area contributed by atoms with E-state index >= 15 is 0 Å². The van der Waals surface area contributed by atoms with Crippen molar-refractivity contribution in [2.75, 3.05) is 33.3 Å². The van der Waals surface area contributed by atoms with Crippen molar-refractivity contribution >= 4 is 0 Å². The van der Waals surface area contributed by atoms with E-state index in [2.05, 4.69) is 64.4 Å². The van der Waals surface area contributed by atoms with Crippen molar-refractivity contribution in [1.82, 2.24) is 9.80 Å². The van der Waals surface area contributed by atoms with E-state index in [9.17, 15) is 0 Å². The molecular weight excluding hydrogens is 344 g/mol. The van der Waals surface area contributed by atoms with Crippen molar-refractivity contribution in [3.8, 4) is 5.75 Å². The van der Waals surface area contributed by atoms with E-state index in [1.165, 1.54) is 69.4 Å². The van der Waals surface area contributed by atoms with Gasteiger partial charge in [0.05, 0.1) is 7.11 Å². The van der Waals surface area contributed by atoms with E-state index in [4.69, 9.17) is 4.74 Å². The maximum atomic E-state index is 5.37. The molecule has 0 radical (unpaired) electrons. The number of nitrogens with zero attached hydrogens (tertiary/aromatic N) is 2. The zero-order valence-electron chi connectivity index (χ0n) is 17.2. The minimum absolute atomic E-state index is 0.432. The second kappa shape index (κ2) is 9.58. The van der Waals surface area contributed by atoms with Crippen LogP contribution in [-0.4, -0.2) is 49.1 Å². The fraction of sp³-hybridized carbons (Fsp3) is 0.520. The smallest absolute Gasteiger partial charge is 0.118 e. The van der Waals surface area contributed by atoms with E-state index in [0.717, 1.165) is 18.2 Å². The van der Waals surface area contributed by atoms with Gasteiger partial charge in [-0.05, 0) is 42.5 Å². The molecule has 3 heteroatoms. The molecule has 2 fully saturated rings. The monoisotopic (exact) mass is 378 g/mol. The van der Waals surface area contributed by atoms with Gasteiger partial charge in [0.1, 0.15) is 5.75 Å². The molecule has 3 nitrogen and oxygen atoms in total. The summed E-state index contributed by atoms with van der Waals surface area (Å²) >= 11 is 0. The molecule has 4 rings (SSSR count). The van der Waals surface area contributed by atoms with Crippen molar-refractivity contribution in [3.63, 3.8) is 0 Å². The lowest BCUT2D eigenvalue weighted by atomic mass is 9.93. The van der Waals surface area contributed by atoms with E-state index < -0.39 is 0 Å². The van der Waals surface area contributed by atoms with Crippen molar-refractivity contribution < 1.29 is 4.74 Å². The average molecular weight is 379 g/mol. The van der Waals surface area contributed by atoms with E-state index in [1.807, 2.05) is 0 Å². The van der Waals surface area contributed by atoms with Crippen molar-refractivity contribution in [1.29, 1.82) is 0 Å². The molecule has 2 aromatic carbocycles. The standard InChI is InChI=1S/C25H34N2O/c1-28-24-14-12-22(13-15-24)25(20-21-8-4-2-5-9-21)27-18-16-26(17-19-27)23-10-6-3-7-11-23/h2,4-5,8-9,12-15,23,25H,3,6-7,10-11,16-20H2,1H3. The first-order valence-electron chi connectivity index (χ1n) is 11.0. The topological polar surface area (TPSA) is 15.7 Å². The van der Waals surface area contributed by atoms with Gasteiger partial charge in [-0.3, -0.25) is 9.80 Å². The van der Waals surface area contributed by atoms with Crippen LogP contribution in [0.1, 0.15) is 49.3 Å². The minimum Gasteiger partial charge on any atom is -0.497 e. The second-order valence-electron chi connectivity index (χ2n) is 8.34. The molecule has 0 bridgehead atoms. The van der Waals surface area contributed by atoms with E-state index in [0.29, 0.717) is 6.04 Å². The van der Waals surface area contributed by atoms with Gasteiger partial charge in [0.2, 0.25) is 0 Å². The van der Waals surface area contributed by atoms with Crippen LogP contribution in [0.3, 0.4) is 0 Å². The van der Waals surface area contributed by atoms with Crippen molar-refractivity contribution in [2.45, 2.75) is 50.6 Å². The Labute approximate surface area is 170 Å². The molecular formula is C25H34N2O. The van der Waals surface area contributed by atoms with Crippen LogP contribution in [0.25, 0.3) is 0 Å². The molecule has 1 heterocycles. The van der Waals surface area contributed by atoms with Crippen LogP contribution >= 0.6 is 0 Å². The van der Waals surface area contributed by atoms with Gasteiger partial charge in [0.25, 0.3) is 0 Å². The molecule has 0 aromatic heterocycles. The maximum absolute atomic E-state index is 5.37. The van der Waals surface area contributed by atoms with Crippen LogP contribution in [0.15, 0.2) is 54.6 Å². The summed E-state index contributed by atoms with van der Waals surface area (Å²) in [5.41, 5.74) is 2.81. The number of hydrogen-bond acceptors (Lipinski definition) is 3.